The molecule has 0 bridgehead atoms. The zero-order valence-electron chi connectivity index (χ0n) is 19.9. The Morgan fingerprint density at radius 2 is 1.44 bits per heavy atom. The number of carbonyl (C=O) groups is 2. The predicted molar refractivity (Wildman–Crippen MR) is 133 cm³/mol. The Morgan fingerprint density at radius 3 is 2.06 bits per heavy atom. The standard InChI is InChI=1S/C27H30N2O5/c1-18-12-13-23(19(2)15-18)34-14-8-11-26(30)28-21-16-25(33-4)22(17-24(21)32-3)29-27(31)20-9-6-5-7-10-20/h5-7,9-10,12-13,15-17H,8,11,14H2,1-4H3,(H,28,30)(H,29,31). The summed E-state index contributed by atoms with van der Waals surface area (Å²) < 4.78 is 16.7. The van der Waals surface area contributed by atoms with Gasteiger partial charge in [-0.3, -0.25) is 9.59 Å². The summed E-state index contributed by atoms with van der Waals surface area (Å²) in [4.78, 5) is 25.1. The highest BCUT2D eigenvalue weighted by atomic mass is 16.5. The average molecular weight is 463 g/mol. The normalized spacial score (nSPS) is 10.4. The van der Waals surface area contributed by atoms with Gasteiger partial charge in [0.1, 0.15) is 17.2 Å². The van der Waals surface area contributed by atoms with Crippen LogP contribution in [0.15, 0.2) is 60.7 Å². The van der Waals surface area contributed by atoms with E-state index in [9.17, 15) is 9.59 Å². The number of ether oxygens (including phenoxy) is 3. The molecular weight excluding hydrogens is 432 g/mol. The first-order valence-corrected chi connectivity index (χ1v) is 11.0. The van der Waals surface area contributed by atoms with E-state index in [1.807, 2.05) is 32.0 Å². The lowest BCUT2D eigenvalue weighted by molar-refractivity contribution is -0.116. The molecule has 0 atom stereocenters. The van der Waals surface area contributed by atoms with Gasteiger partial charge in [-0.1, -0.05) is 35.9 Å². The van der Waals surface area contributed by atoms with E-state index in [1.54, 1.807) is 36.4 Å². The van der Waals surface area contributed by atoms with Crippen LogP contribution < -0.4 is 24.8 Å². The van der Waals surface area contributed by atoms with Crippen LogP contribution in [0.5, 0.6) is 17.2 Å². The minimum absolute atomic E-state index is 0.175. The molecule has 2 N–H and O–H groups in total. The Kier molecular flexibility index (Phi) is 8.51. The number of anilines is 2. The molecule has 0 aromatic heterocycles. The molecule has 0 heterocycles. The quantitative estimate of drug-likeness (QED) is 0.396. The smallest absolute Gasteiger partial charge is 0.255 e. The van der Waals surface area contributed by atoms with Crippen LogP contribution in [0.25, 0.3) is 0 Å². The Labute approximate surface area is 200 Å². The van der Waals surface area contributed by atoms with Gasteiger partial charge in [0.2, 0.25) is 5.91 Å². The van der Waals surface area contributed by atoms with Crippen molar-refractivity contribution in [2.75, 3.05) is 31.5 Å². The van der Waals surface area contributed by atoms with E-state index in [0.717, 1.165) is 11.3 Å². The highest BCUT2D eigenvalue weighted by Crippen LogP contribution is 2.36. The van der Waals surface area contributed by atoms with Gasteiger partial charge in [-0.15, -0.1) is 0 Å². The number of carbonyl (C=O) groups excluding carboxylic acids is 2. The Morgan fingerprint density at radius 1 is 0.794 bits per heavy atom. The van der Waals surface area contributed by atoms with Crippen molar-refractivity contribution in [3.05, 3.63) is 77.4 Å². The van der Waals surface area contributed by atoms with Crippen molar-refractivity contribution in [2.45, 2.75) is 26.7 Å². The van der Waals surface area contributed by atoms with E-state index in [4.69, 9.17) is 14.2 Å². The SMILES string of the molecule is COc1cc(NC(=O)c2ccccc2)c(OC)cc1NC(=O)CCCOc1ccc(C)cc1C. The molecule has 0 aliphatic heterocycles. The maximum absolute atomic E-state index is 12.5. The first-order valence-electron chi connectivity index (χ1n) is 11.0. The first-order chi connectivity index (χ1) is 16.4. The zero-order chi connectivity index (χ0) is 24.5. The van der Waals surface area contributed by atoms with Crippen LogP contribution in [0.1, 0.15) is 34.3 Å². The van der Waals surface area contributed by atoms with Crippen molar-refractivity contribution in [1.29, 1.82) is 0 Å². The average Bonchev–Trinajstić information content (AvgIpc) is 2.84. The van der Waals surface area contributed by atoms with Crippen molar-refractivity contribution in [1.82, 2.24) is 0 Å². The lowest BCUT2D eigenvalue weighted by atomic mass is 10.1. The maximum Gasteiger partial charge on any atom is 0.255 e. The Hall–Kier alpha value is -4.00. The first kappa shape index (κ1) is 24.6. The van der Waals surface area contributed by atoms with Gasteiger partial charge in [0.25, 0.3) is 5.91 Å². The number of amides is 2. The Balaban J connectivity index is 1.61. The van der Waals surface area contributed by atoms with Crippen molar-refractivity contribution in [3.63, 3.8) is 0 Å². The summed E-state index contributed by atoms with van der Waals surface area (Å²) in [5.74, 6) is 1.18. The number of nitrogens with one attached hydrogen (secondary N) is 2. The second-order valence-electron chi connectivity index (χ2n) is 7.84. The van der Waals surface area contributed by atoms with Gasteiger partial charge < -0.3 is 24.8 Å². The second kappa shape index (κ2) is 11.7. The molecule has 0 saturated heterocycles. The topological polar surface area (TPSA) is 85.9 Å². The van der Waals surface area contributed by atoms with Crippen LogP contribution in [-0.4, -0.2) is 32.6 Å². The lowest BCUT2D eigenvalue weighted by Crippen LogP contribution is -2.15. The highest BCUT2D eigenvalue weighted by Gasteiger charge is 2.16. The summed E-state index contributed by atoms with van der Waals surface area (Å²) in [6, 6.07) is 18.1. The van der Waals surface area contributed by atoms with Crippen molar-refractivity contribution >= 4 is 23.2 Å². The summed E-state index contributed by atoms with van der Waals surface area (Å²) >= 11 is 0. The van der Waals surface area contributed by atoms with E-state index in [-0.39, 0.29) is 18.2 Å². The summed E-state index contributed by atoms with van der Waals surface area (Å²) in [6.45, 7) is 4.47. The number of rotatable bonds is 10. The maximum atomic E-state index is 12.5. The molecule has 7 nitrogen and oxygen atoms in total. The number of benzene rings is 3. The van der Waals surface area contributed by atoms with Gasteiger partial charge in [-0.25, -0.2) is 0 Å². The van der Waals surface area contributed by atoms with Gasteiger partial charge in [0.05, 0.1) is 32.2 Å². The van der Waals surface area contributed by atoms with E-state index in [0.29, 0.717) is 41.5 Å². The summed E-state index contributed by atoms with van der Waals surface area (Å²) in [6.07, 6.45) is 0.840. The van der Waals surface area contributed by atoms with Crippen LogP contribution in [0.3, 0.4) is 0 Å². The molecule has 3 aromatic carbocycles. The molecule has 0 fully saturated rings. The molecule has 0 aliphatic rings. The number of hydrogen-bond donors (Lipinski definition) is 2. The minimum atomic E-state index is -0.276. The molecule has 34 heavy (non-hydrogen) atoms. The van der Waals surface area contributed by atoms with Gasteiger partial charge >= 0.3 is 0 Å². The van der Waals surface area contributed by atoms with Crippen LogP contribution >= 0.6 is 0 Å². The summed E-state index contributed by atoms with van der Waals surface area (Å²) in [5, 5.41) is 5.68. The highest BCUT2D eigenvalue weighted by molar-refractivity contribution is 6.05. The number of hydrogen-bond acceptors (Lipinski definition) is 5. The van der Waals surface area contributed by atoms with E-state index in [2.05, 4.69) is 16.7 Å². The third kappa shape index (κ3) is 6.51. The number of methoxy groups -OCH3 is 2. The van der Waals surface area contributed by atoms with Crippen LogP contribution in [0.4, 0.5) is 11.4 Å². The fourth-order valence-electron chi connectivity index (χ4n) is 3.47. The van der Waals surface area contributed by atoms with Crippen molar-refractivity contribution in [2.24, 2.45) is 0 Å². The summed E-state index contributed by atoms with van der Waals surface area (Å²) in [5.41, 5.74) is 3.66. The molecule has 0 spiro atoms. The molecule has 178 valence electrons. The molecule has 0 unspecified atom stereocenters. The molecule has 2 amide bonds. The second-order valence-corrected chi connectivity index (χ2v) is 7.84. The molecule has 7 heteroatoms. The molecule has 0 radical (unpaired) electrons. The van der Waals surface area contributed by atoms with Crippen LogP contribution in [0.2, 0.25) is 0 Å². The van der Waals surface area contributed by atoms with E-state index >= 15 is 0 Å². The molecule has 0 aliphatic carbocycles. The molecule has 0 saturated carbocycles. The van der Waals surface area contributed by atoms with Crippen LogP contribution in [-0.2, 0) is 4.79 Å². The molecular formula is C27H30N2O5. The predicted octanol–water partition coefficient (Wildman–Crippen LogP) is 5.37. The van der Waals surface area contributed by atoms with E-state index < -0.39 is 0 Å². The monoisotopic (exact) mass is 462 g/mol. The van der Waals surface area contributed by atoms with Gasteiger partial charge in [0.15, 0.2) is 0 Å². The minimum Gasteiger partial charge on any atom is -0.494 e. The third-order valence-electron chi connectivity index (χ3n) is 5.22. The van der Waals surface area contributed by atoms with Crippen molar-refractivity contribution in [3.8, 4) is 17.2 Å². The fourth-order valence-corrected chi connectivity index (χ4v) is 3.47. The zero-order valence-corrected chi connectivity index (χ0v) is 19.9. The van der Waals surface area contributed by atoms with Gasteiger partial charge in [0, 0.05) is 24.1 Å². The fraction of sp³-hybridized carbons (Fsp3) is 0.259. The number of aryl methyl sites for hydroxylation is 2. The van der Waals surface area contributed by atoms with Crippen molar-refractivity contribution < 1.29 is 23.8 Å². The molecule has 3 aromatic rings. The van der Waals surface area contributed by atoms with Gasteiger partial charge in [-0.05, 0) is 44.0 Å². The van der Waals surface area contributed by atoms with Gasteiger partial charge in [-0.2, -0.15) is 0 Å². The lowest BCUT2D eigenvalue weighted by Gasteiger charge is -2.16. The summed E-state index contributed by atoms with van der Waals surface area (Å²) in [7, 11) is 2.99. The largest absolute Gasteiger partial charge is 0.494 e. The Bertz CT molecular complexity index is 1150. The van der Waals surface area contributed by atoms with E-state index in [1.165, 1.54) is 19.8 Å². The molecule has 3 rings (SSSR count). The van der Waals surface area contributed by atoms with Crippen LogP contribution in [0, 0.1) is 13.8 Å². The third-order valence-corrected chi connectivity index (χ3v) is 5.22.